The van der Waals surface area contributed by atoms with Gasteiger partial charge in [0.05, 0.1) is 34.9 Å². The monoisotopic (exact) mass is 514 g/mol. The van der Waals surface area contributed by atoms with Crippen molar-refractivity contribution >= 4 is 62.3 Å². The zero-order valence-electron chi connectivity index (χ0n) is 18.5. The number of amides is 1. The van der Waals surface area contributed by atoms with Crippen molar-refractivity contribution in [2.75, 3.05) is 46.3 Å². The second-order valence-corrected chi connectivity index (χ2v) is 8.59. The van der Waals surface area contributed by atoms with Crippen molar-refractivity contribution in [3.05, 3.63) is 51.0 Å². The van der Waals surface area contributed by atoms with Crippen LogP contribution in [-0.2, 0) is 0 Å². The molecule has 0 spiro atoms. The van der Waals surface area contributed by atoms with Gasteiger partial charge >= 0.3 is 0 Å². The lowest BCUT2D eigenvalue weighted by Crippen LogP contribution is -2.34. The number of rotatable bonds is 9. The molecule has 0 atom stereocenters. The summed E-state index contributed by atoms with van der Waals surface area (Å²) >= 11 is 7.57. The third-order valence-electron chi connectivity index (χ3n) is 4.75. The van der Waals surface area contributed by atoms with E-state index in [0.29, 0.717) is 28.6 Å². The van der Waals surface area contributed by atoms with E-state index < -0.39 is 10.8 Å². The van der Waals surface area contributed by atoms with Gasteiger partial charge in [-0.3, -0.25) is 19.8 Å². The SMILES string of the molecule is COc1cc(C(=O)N(CCCN(C)C)c2nc3c(Cl)cccc3s2)c([N+](=O)[O-])cc1OC.Cl. The summed E-state index contributed by atoms with van der Waals surface area (Å²) in [7, 11) is 6.65. The quantitative estimate of drug-likeness (QED) is 0.296. The van der Waals surface area contributed by atoms with E-state index in [9.17, 15) is 14.9 Å². The second-order valence-electron chi connectivity index (χ2n) is 7.18. The van der Waals surface area contributed by atoms with Gasteiger partial charge in [-0.05, 0) is 39.2 Å². The van der Waals surface area contributed by atoms with Gasteiger partial charge in [-0.15, -0.1) is 12.4 Å². The molecule has 12 heteroatoms. The summed E-state index contributed by atoms with van der Waals surface area (Å²) in [4.78, 5) is 32.8. The van der Waals surface area contributed by atoms with Gasteiger partial charge in [0.15, 0.2) is 16.6 Å². The van der Waals surface area contributed by atoms with Crippen LogP contribution in [-0.4, -0.2) is 62.1 Å². The molecule has 0 fully saturated rings. The number of halogens is 2. The number of methoxy groups -OCH3 is 2. The average molecular weight is 515 g/mol. The van der Waals surface area contributed by atoms with Crippen LogP contribution in [0.4, 0.5) is 10.8 Å². The minimum Gasteiger partial charge on any atom is -0.493 e. The highest BCUT2D eigenvalue weighted by Gasteiger charge is 2.30. The molecule has 0 saturated carbocycles. The summed E-state index contributed by atoms with van der Waals surface area (Å²) in [5.74, 6) is -0.157. The van der Waals surface area contributed by atoms with Crippen LogP contribution in [0.2, 0.25) is 5.02 Å². The van der Waals surface area contributed by atoms with E-state index in [1.54, 1.807) is 6.07 Å². The van der Waals surface area contributed by atoms with Crippen LogP contribution in [0.25, 0.3) is 10.2 Å². The Bertz CT molecular complexity index is 1160. The molecule has 0 radical (unpaired) electrons. The molecule has 1 amide bonds. The van der Waals surface area contributed by atoms with E-state index in [2.05, 4.69) is 4.98 Å². The molecule has 0 N–H and O–H groups in total. The number of anilines is 1. The van der Waals surface area contributed by atoms with Gasteiger partial charge in [0.1, 0.15) is 11.1 Å². The van der Waals surface area contributed by atoms with Gasteiger partial charge in [-0.2, -0.15) is 0 Å². The Morgan fingerprint density at radius 3 is 2.42 bits per heavy atom. The normalized spacial score (nSPS) is 10.7. The molecule has 0 aliphatic carbocycles. The molecule has 0 unspecified atom stereocenters. The molecular formula is C21H24Cl2N4O5S. The van der Waals surface area contributed by atoms with Crippen LogP contribution < -0.4 is 14.4 Å². The Kier molecular flexibility index (Phi) is 9.24. The topological polar surface area (TPSA) is 98.0 Å². The average Bonchev–Trinajstić information content (AvgIpc) is 3.20. The van der Waals surface area contributed by atoms with Gasteiger partial charge in [0.25, 0.3) is 11.6 Å². The summed E-state index contributed by atoms with van der Waals surface area (Å²) in [5.41, 5.74) is 0.105. The van der Waals surface area contributed by atoms with Crippen molar-refractivity contribution in [3.63, 3.8) is 0 Å². The van der Waals surface area contributed by atoms with Gasteiger partial charge in [0, 0.05) is 12.6 Å². The first-order valence-corrected chi connectivity index (χ1v) is 10.9. The van der Waals surface area contributed by atoms with Crippen LogP contribution in [0, 0.1) is 10.1 Å². The number of carbonyl (C=O) groups is 1. The first kappa shape index (κ1) is 26.6. The number of nitro benzene ring substituents is 1. The molecule has 1 aromatic heterocycles. The number of carbonyl (C=O) groups excluding carboxylic acids is 1. The maximum absolute atomic E-state index is 13.6. The number of para-hydroxylation sites is 1. The highest BCUT2D eigenvalue weighted by atomic mass is 35.5. The predicted octanol–water partition coefficient (Wildman–Crippen LogP) is 4.90. The maximum atomic E-state index is 13.6. The summed E-state index contributed by atoms with van der Waals surface area (Å²) < 4.78 is 11.3. The Balaban J connectivity index is 0.00000385. The maximum Gasteiger partial charge on any atom is 0.286 e. The van der Waals surface area contributed by atoms with Gasteiger partial charge in [-0.1, -0.05) is 29.0 Å². The lowest BCUT2D eigenvalue weighted by Gasteiger charge is -2.21. The third kappa shape index (κ3) is 5.83. The van der Waals surface area contributed by atoms with Crippen molar-refractivity contribution in [2.45, 2.75) is 6.42 Å². The number of benzene rings is 2. The molecule has 178 valence electrons. The largest absolute Gasteiger partial charge is 0.493 e. The second kappa shape index (κ2) is 11.5. The summed E-state index contributed by atoms with van der Waals surface area (Å²) in [5, 5.41) is 12.6. The van der Waals surface area contributed by atoms with Crippen molar-refractivity contribution in [1.29, 1.82) is 0 Å². The zero-order valence-corrected chi connectivity index (χ0v) is 20.9. The van der Waals surface area contributed by atoms with Crippen LogP contribution in [0.3, 0.4) is 0 Å². The van der Waals surface area contributed by atoms with E-state index in [4.69, 9.17) is 21.1 Å². The van der Waals surface area contributed by atoms with Gasteiger partial charge in [-0.25, -0.2) is 4.98 Å². The van der Waals surface area contributed by atoms with Crippen LogP contribution in [0.1, 0.15) is 16.8 Å². The van der Waals surface area contributed by atoms with Crippen LogP contribution >= 0.6 is 35.3 Å². The Labute approximate surface area is 206 Å². The highest BCUT2D eigenvalue weighted by Crippen LogP contribution is 2.37. The van der Waals surface area contributed by atoms with Crippen LogP contribution in [0.15, 0.2) is 30.3 Å². The molecule has 3 aromatic rings. The third-order valence-corrected chi connectivity index (χ3v) is 6.10. The molecule has 0 bridgehead atoms. The smallest absolute Gasteiger partial charge is 0.286 e. The highest BCUT2D eigenvalue weighted by molar-refractivity contribution is 7.22. The Morgan fingerprint density at radius 1 is 1.18 bits per heavy atom. The molecule has 9 nitrogen and oxygen atoms in total. The molecule has 1 heterocycles. The van der Waals surface area contributed by atoms with Crippen molar-refractivity contribution in [3.8, 4) is 11.5 Å². The molecule has 3 rings (SSSR count). The van der Waals surface area contributed by atoms with Gasteiger partial charge in [0.2, 0.25) is 0 Å². The fourth-order valence-electron chi connectivity index (χ4n) is 3.18. The molecule has 0 saturated heterocycles. The predicted molar refractivity (Wildman–Crippen MR) is 133 cm³/mol. The zero-order chi connectivity index (χ0) is 23.4. The summed E-state index contributed by atoms with van der Waals surface area (Å²) in [6.07, 6.45) is 0.642. The van der Waals surface area contributed by atoms with Gasteiger partial charge < -0.3 is 14.4 Å². The van der Waals surface area contributed by atoms with E-state index >= 15 is 0 Å². The number of ether oxygens (including phenoxy) is 2. The lowest BCUT2D eigenvalue weighted by molar-refractivity contribution is -0.385. The Hall–Kier alpha value is -2.66. The fraction of sp³-hybridized carbons (Fsp3) is 0.333. The molecule has 2 aromatic carbocycles. The lowest BCUT2D eigenvalue weighted by atomic mass is 10.1. The minimum absolute atomic E-state index is 0. The fourth-order valence-corrected chi connectivity index (χ4v) is 4.47. The number of fused-ring (bicyclic) bond motifs is 1. The number of aromatic nitrogens is 1. The Morgan fingerprint density at radius 2 is 1.85 bits per heavy atom. The van der Waals surface area contributed by atoms with Crippen LogP contribution in [0.5, 0.6) is 11.5 Å². The van der Waals surface area contributed by atoms with E-state index in [0.717, 1.165) is 11.2 Å². The number of hydrogen-bond donors (Lipinski definition) is 0. The summed E-state index contributed by atoms with van der Waals surface area (Å²) in [6, 6.07) is 7.93. The molecule has 0 aliphatic rings. The van der Waals surface area contributed by atoms with E-state index in [1.807, 2.05) is 31.1 Å². The van der Waals surface area contributed by atoms with E-state index in [-0.39, 0.29) is 35.2 Å². The molecule has 33 heavy (non-hydrogen) atoms. The number of nitrogens with zero attached hydrogens (tertiary/aromatic N) is 4. The summed E-state index contributed by atoms with van der Waals surface area (Å²) in [6.45, 7) is 1.05. The number of hydrogen-bond acceptors (Lipinski definition) is 8. The van der Waals surface area contributed by atoms with Crippen molar-refractivity contribution in [1.82, 2.24) is 9.88 Å². The first-order valence-electron chi connectivity index (χ1n) is 9.68. The van der Waals surface area contributed by atoms with Crippen molar-refractivity contribution < 1.29 is 19.2 Å². The number of thiazole rings is 1. The number of nitro groups is 1. The minimum atomic E-state index is -0.609. The van der Waals surface area contributed by atoms with E-state index in [1.165, 1.54) is 42.6 Å². The standard InChI is InChI=1S/C21H23ClN4O5S.ClH/c1-24(2)9-6-10-25(21-23-19-14(22)7-5-8-18(19)32-21)20(27)13-11-16(30-3)17(31-4)12-15(13)26(28)29;/h5,7-8,11-12H,6,9-10H2,1-4H3;1H. The molecule has 0 aliphatic heterocycles. The molecular weight excluding hydrogens is 491 g/mol. The first-order chi connectivity index (χ1) is 15.3. The van der Waals surface area contributed by atoms with Crippen molar-refractivity contribution in [2.24, 2.45) is 0 Å².